The van der Waals surface area contributed by atoms with Crippen LogP contribution in [0.1, 0.15) is 68.9 Å². The topological polar surface area (TPSA) is 66.8 Å². The molecule has 1 spiro atoms. The van der Waals surface area contributed by atoms with E-state index in [2.05, 4.69) is 19.1 Å². The third kappa shape index (κ3) is 2.07. The molecule has 1 aromatic carbocycles. The van der Waals surface area contributed by atoms with Crippen LogP contribution in [0, 0.1) is 22.7 Å². The van der Waals surface area contributed by atoms with E-state index in [1.54, 1.807) is 7.11 Å². The number of ether oxygens (including phenoxy) is 1. The van der Waals surface area contributed by atoms with Crippen molar-refractivity contribution in [3.63, 3.8) is 0 Å². The molecule has 0 bridgehead atoms. The highest BCUT2D eigenvalue weighted by molar-refractivity contribution is 5.92. The van der Waals surface area contributed by atoms with Gasteiger partial charge in [-0.05, 0) is 91.5 Å². The van der Waals surface area contributed by atoms with E-state index >= 15 is 0 Å². The van der Waals surface area contributed by atoms with Crippen LogP contribution < -0.4 is 4.74 Å². The SMILES string of the molecule is COc1ccc2c(c1)C[C@]13CCC(=O)C=C1CC[C@H]1[C@@H]4CC[C@H](O)[C@@]4(C)CC2[C@@]13O. The van der Waals surface area contributed by atoms with Gasteiger partial charge in [-0.2, -0.15) is 0 Å². The van der Waals surface area contributed by atoms with Crippen LogP contribution in [0.5, 0.6) is 5.75 Å². The Morgan fingerprint density at radius 3 is 2.77 bits per heavy atom. The van der Waals surface area contributed by atoms with Gasteiger partial charge in [-0.15, -0.1) is 0 Å². The molecular weight excluding hydrogens is 376 g/mol. The molecule has 7 atom stereocenters. The van der Waals surface area contributed by atoms with Crippen LogP contribution in [0.2, 0.25) is 0 Å². The van der Waals surface area contributed by atoms with Crippen LogP contribution in [0.25, 0.3) is 0 Å². The summed E-state index contributed by atoms with van der Waals surface area (Å²) in [4.78, 5) is 12.4. The van der Waals surface area contributed by atoms with E-state index in [1.807, 2.05) is 12.1 Å². The van der Waals surface area contributed by atoms with Crippen molar-refractivity contribution < 1.29 is 19.7 Å². The number of hydrogen-bond acceptors (Lipinski definition) is 4. The molecule has 5 aliphatic rings. The second kappa shape index (κ2) is 5.98. The quantitative estimate of drug-likeness (QED) is 0.739. The van der Waals surface area contributed by atoms with Crippen LogP contribution in [0.4, 0.5) is 0 Å². The molecule has 0 aromatic heterocycles. The molecule has 5 aliphatic carbocycles. The van der Waals surface area contributed by atoms with Crippen molar-refractivity contribution in [1.29, 1.82) is 0 Å². The highest BCUT2D eigenvalue weighted by atomic mass is 16.5. The monoisotopic (exact) mass is 408 g/mol. The lowest BCUT2D eigenvalue weighted by Gasteiger charge is -2.68. The van der Waals surface area contributed by atoms with Gasteiger partial charge in [0.2, 0.25) is 0 Å². The van der Waals surface area contributed by atoms with Gasteiger partial charge in [0.25, 0.3) is 0 Å². The van der Waals surface area contributed by atoms with Crippen molar-refractivity contribution in [2.75, 3.05) is 7.11 Å². The van der Waals surface area contributed by atoms with Gasteiger partial charge in [0.15, 0.2) is 5.78 Å². The summed E-state index contributed by atoms with van der Waals surface area (Å²) in [7, 11) is 1.70. The molecule has 0 radical (unpaired) electrons. The third-order valence-electron chi connectivity index (χ3n) is 10.0. The highest BCUT2D eigenvalue weighted by Crippen LogP contribution is 2.73. The number of ketones is 1. The standard InChI is InChI=1S/C26H32O4/c1-24-14-22-19-5-4-18(30-2)11-15(19)13-25-10-9-17(27)12-16(25)3-6-21(26(22,25)29)20(24)7-8-23(24)28/h4-5,11-12,20-23,28-29H,3,6-10,13-14H2,1-2H3/t20-,21-,22?,23-,24-,25+,26-/m0/s1. The first-order valence-electron chi connectivity index (χ1n) is 11.6. The van der Waals surface area contributed by atoms with Gasteiger partial charge in [-0.3, -0.25) is 4.79 Å². The molecule has 160 valence electrons. The fourth-order valence-corrected chi connectivity index (χ4v) is 8.66. The Labute approximate surface area is 178 Å². The number of fused-ring (bicyclic) bond motifs is 4. The maximum absolute atomic E-state index is 12.8. The number of aliphatic hydroxyl groups is 2. The van der Waals surface area contributed by atoms with Gasteiger partial charge < -0.3 is 14.9 Å². The minimum absolute atomic E-state index is 0.0111. The van der Waals surface area contributed by atoms with E-state index in [1.165, 1.54) is 16.7 Å². The molecule has 0 amide bonds. The van der Waals surface area contributed by atoms with Gasteiger partial charge in [0, 0.05) is 17.8 Å². The molecule has 6 rings (SSSR count). The van der Waals surface area contributed by atoms with Crippen molar-refractivity contribution in [2.24, 2.45) is 22.7 Å². The van der Waals surface area contributed by atoms with Gasteiger partial charge in [0.05, 0.1) is 18.8 Å². The van der Waals surface area contributed by atoms with Crippen LogP contribution >= 0.6 is 0 Å². The van der Waals surface area contributed by atoms with Gasteiger partial charge in [-0.1, -0.05) is 18.6 Å². The first kappa shape index (κ1) is 19.1. The molecule has 1 unspecified atom stereocenters. The first-order valence-corrected chi connectivity index (χ1v) is 11.6. The summed E-state index contributed by atoms with van der Waals surface area (Å²) in [6.45, 7) is 2.26. The zero-order chi connectivity index (χ0) is 20.9. The number of aliphatic hydroxyl groups excluding tert-OH is 1. The fourth-order valence-electron chi connectivity index (χ4n) is 8.66. The zero-order valence-electron chi connectivity index (χ0n) is 18.0. The summed E-state index contributed by atoms with van der Waals surface area (Å²) in [6, 6.07) is 6.30. The molecule has 30 heavy (non-hydrogen) atoms. The number of carbonyl (C=O) groups excluding carboxylic acids is 1. The summed E-state index contributed by atoms with van der Waals surface area (Å²) in [5.41, 5.74) is 2.31. The maximum Gasteiger partial charge on any atom is 0.155 e. The smallest absolute Gasteiger partial charge is 0.155 e. The Hall–Kier alpha value is -1.65. The Morgan fingerprint density at radius 1 is 1.13 bits per heavy atom. The second-order valence-corrected chi connectivity index (χ2v) is 10.9. The Morgan fingerprint density at radius 2 is 1.97 bits per heavy atom. The van der Waals surface area contributed by atoms with Crippen LogP contribution in [-0.2, 0) is 11.2 Å². The van der Waals surface area contributed by atoms with E-state index in [9.17, 15) is 15.0 Å². The zero-order valence-corrected chi connectivity index (χ0v) is 18.0. The lowest BCUT2D eigenvalue weighted by atomic mass is 9.38. The van der Waals surface area contributed by atoms with Crippen molar-refractivity contribution >= 4 is 5.78 Å². The van der Waals surface area contributed by atoms with E-state index in [0.29, 0.717) is 12.3 Å². The summed E-state index contributed by atoms with van der Waals surface area (Å²) < 4.78 is 5.53. The Bertz CT molecular complexity index is 966. The Balaban J connectivity index is 1.61. The van der Waals surface area contributed by atoms with E-state index in [-0.39, 0.29) is 34.6 Å². The molecule has 4 heteroatoms. The molecule has 1 aromatic rings. The average molecular weight is 409 g/mol. The molecule has 0 saturated heterocycles. The molecule has 0 heterocycles. The van der Waals surface area contributed by atoms with E-state index < -0.39 is 5.60 Å². The van der Waals surface area contributed by atoms with Crippen LogP contribution in [0.15, 0.2) is 29.8 Å². The molecular formula is C26H32O4. The fraction of sp³-hybridized carbons (Fsp3) is 0.654. The summed E-state index contributed by atoms with van der Waals surface area (Å²) in [5, 5.41) is 23.8. The second-order valence-electron chi connectivity index (χ2n) is 10.9. The van der Waals surface area contributed by atoms with Crippen molar-refractivity contribution in [3.05, 3.63) is 41.0 Å². The van der Waals surface area contributed by atoms with Crippen molar-refractivity contribution in [2.45, 2.75) is 75.9 Å². The first-order chi connectivity index (χ1) is 14.3. The van der Waals surface area contributed by atoms with Crippen LogP contribution in [-0.4, -0.2) is 34.8 Å². The van der Waals surface area contributed by atoms with Gasteiger partial charge in [0.1, 0.15) is 5.75 Å². The number of hydrogen-bond donors (Lipinski definition) is 2. The molecule has 4 nitrogen and oxygen atoms in total. The number of methoxy groups -OCH3 is 1. The van der Waals surface area contributed by atoms with Crippen molar-refractivity contribution in [3.8, 4) is 5.75 Å². The van der Waals surface area contributed by atoms with Gasteiger partial charge >= 0.3 is 0 Å². The number of benzene rings is 1. The van der Waals surface area contributed by atoms with Crippen LogP contribution in [0.3, 0.4) is 0 Å². The molecule has 0 aliphatic heterocycles. The largest absolute Gasteiger partial charge is 0.497 e. The maximum atomic E-state index is 12.8. The van der Waals surface area contributed by atoms with Gasteiger partial charge in [-0.25, -0.2) is 0 Å². The summed E-state index contributed by atoms with van der Waals surface area (Å²) in [6.07, 6.45) is 8.10. The number of rotatable bonds is 1. The summed E-state index contributed by atoms with van der Waals surface area (Å²) >= 11 is 0. The van der Waals surface area contributed by atoms with Crippen molar-refractivity contribution in [1.82, 2.24) is 0 Å². The molecule has 3 fully saturated rings. The minimum atomic E-state index is -0.840. The Kier molecular flexibility index (Phi) is 3.80. The van der Waals surface area contributed by atoms with E-state index in [4.69, 9.17) is 4.74 Å². The predicted molar refractivity (Wildman–Crippen MR) is 113 cm³/mol. The minimum Gasteiger partial charge on any atom is -0.497 e. The normalized spacial score (nSPS) is 46.3. The lowest BCUT2D eigenvalue weighted by Crippen LogP contribution is -2.69. The average Bonchev–Trinajstić information content (AvgIpc) is 3.02. The predicted octanol–water partition coefficient (Wildman–Crippen LogP) is 3.93. The molecule has 2 N–H and O–H groups in total. The van der Waals surface area contributed by atoms with E-state index in [0.717, 1.165) is 50.7 Å². The summed E-state index contributed by atoms with van der Waals surface area (Å²) in [5.74, 6) is 1.58. The third-order valence-corrected chi connectivity index (χ3v) is 10.0. The molecule has 3 saturated carbocycles. The highest BCUT2D eigenvalue weighted by Gasteiger charge is 2.72. The lowest BCUT2D eigenvalue weighted by molar-refractivity contribution is -0.219. The number of carbonyl (C=O) groups is 1.